The summed E-state index contributed by atoms with van der Waals surface area (Å²) in [5.41, 5.74) is 3.29. The highest BCUT2D eigenvalue weighted by Crippen LogP contribution is 2.07. The minimum absolute atomic E-state index is 0.232. The second-order valence-corrected chi connectivity index (χ2v) is 4.47. The maximum atomic E-state index is 11.7. The summed E-state index contributed by atoms with van der Waals surface area (Å²) < 4.78 is 4.64. The van der Waals surface area contributed by atoms with Crippen LogP contribution in [0, 0.1) is 0 Å². The molecule has 0 spiro atoms. The van der Waals surface area contributed by atoms with E-state index >= 15 is 0 Å². The van der Waals surface area contributed by atoms with Gasteiger partial charge < -0.3 is 10.1 Å². The molecule has 2 rings (SSSR count). The first-order valence-corrected chi connectivity index (χ1v) is 6.48. The topological polar surface area (TPSA) is 68.3 Å². The molecule has 0 bridgehead atoms. The first-order chi connectivity index (χ1) is 9.20. The van der Waals surface area contributed by atoms with Gasteiger partial charge in [-0.1, -0.05) is 12.1 Å². The largest absolute Gasteiger partial charge is 0.465 e. The molecule has 5 nitrogen and oxygen atoms in total. The van der Waals surface area contributed by atoms with Gasteiger partial charge in [0.25, 0.3) is 5.91 Å². The minimum atomic E-state index is -0.396. The SMILES string of the molecule is COC(=O)c1cccc(CNC(=O)c2cscn2)c1. The van der Waals surface area contributed by atoms with E-state index in [2.05, 4.69) is 15.0 Å². The lowest BCUT2D eigenvalue weighted by Crippen LogP contribution is -2.23. The van der Waals surface area contributed by atoms with Gasteiger partial charge in [0.2, 0.25) is 0 Å². The van der Waals surface area contributed by atoms with Crippen LogP contribution >= 0.6 is 11.3 Å². The quantitative estimate of drug-likeness (QED) is 0.865. The van der Waals surface area contributed by atoms with E-state index in [1.807, 2.05) is 6.07 Å². The number of aromatic nitrogens is 1. The number of ether oxygens (including phenoxy) is 1. The maximum Gasteiger partial charge on any atom is 0.337 e. The highest BCUT2D eigenvalue weighted by Gasteiger charge is 2.08. The average molecular weight is 276 g/mol. The van der Waals surface area contributed by atoms with Crippen molar-refractivity contribution in [1.29, 1.82) is 0 Å². The van der Waals surface area contributed by atoms with Crippen molar-refractivity contribution in [3.8, 4) is 0 Å². The zero-order chi connectivity index (χ0) is 13.7. The van der Waals surface area contributed by atoms with Crippen LogP contribution in [0.4, 0.5) is 0 Å². The van der Waals surface area contributed by atoms with Gasteiger partial charge >= 0.3 is 5.97 Å². The van der Waals surface area contributed by atoms with Crippen LogP contribution < -0.4 is 5.32 Å². The summed E-state index contributed by atoms with van der Waals surface area (Å²) >= 11 is 1.37. The highest BCUT2D eigenvalue weighted by molar-refractivity contribution is 7.07. The fourth-order valence-corrected chi connectivity index (χ4v) is 2.06. The molecule has 0 saturated carbocycles. The first kappa shape index (κ1) is 13.2. The molecule has 2 aromatic rings. The number of thiazole rings is 1. The number of hydrogen-bond acceptors (Lipinski definition) is 5. The third-order valence-electron chi connectivity index (χ3n) is 2.47. The number of hydrogen-bond donors (Lipinski definition) is 1. The Hall–Kier alpha value is -2.21. The normalized spacial score (nSPS) is 9.95. The number of carbonyl (C=O) groups excluding carboxylic acids is 2. The zero-order valence-corrected chi connectivity index (χ0v) is 11.1. The van der Waals surface area contributed by atoms with Crippen molar-refractivity contribution in [3.05, 3.63) is 52.0 Å². The molecule has 1 aromatic carbocycles. The summed E-state index contributed by atoms with van der Waals surface area (Å²) in [4.78, 5) is 27.0. The zero-order valence-electron chi connectivity index (χ0n) is 10.3. The Balaban J connectivity index is 2.00. The van der Waals surface area contributed by atoms with Crippen molar-refractivity contribution in [2.75, 3.05) is 7.11 Å². The monoisotopic (exact) mass is 276 g/mol. The lowest BCUT2D eigenvalue weighted by Gasteiger charge is -2.05. The number of rotatable bonds is 4. The predicted molar refractivity (Wildman–Crippen MR) is 71.1 cm³/mol. The van der Waals surface area contributed by atoms with Crippen molar-refractivity contribution >= 4 is 23.2 Å². The molecule has 0 fully saturated rings. The van der Waals surface area contributed by atoms with Crippen molar-refractivity contribution < 1.29 is 14.3 Å². The van der Waals surface area contributed by atoms with Gasteiger partial charge in [-0.3, -0.25) is 4.79 Å². The molecule has 1 amide bonds. The van der Waals surface area contributed by atoms with Crippen LogP contribution in [0.5, 0.6) is 0 Å². The molecular weight excluding hydrogens is 264 g/mol. The lowest BCUT2D eigenvalue weighted by atomic mass is 10.1. The Morgan fingerprint density at radius 2 is 2.26 bits per heavy atom. The van der Waals surface area contributed by atoms with Crippen molar-refractivity contribution in [2.24, 2.45) is 0 Å². The van der Waals surface area contributed by atoms with E-state index in [1.54, 1.807) is 29.1 Å². The van der Waals surface area contributed by atoms with Crippen molar-refractivity contribution in [2.45, 2.75) is 6.54 Å². The standard InChI is InChI=1S/C13H12N2O3S/c1-18-13(17)10-4-2-3-9(5-10)6-14-12(16)11-7-19-8-15-11/h2-5,7-8H,6H2,1H3,(H,14,16). The van der Waals surface area contributed by atoms with Crippen LogP contribution in [0.2, 0.25) is 0 Å². The molecule has 0 atom stereocenters. The summed E-state index contributed by atoms with van der Waals surface area (Å²) in [5.74, 6) is -0.627. The molecule has 19 heavy (non-hydrogen) atoms. The Labute approximate surface area is 114 Å². The molecule has 6 heteroatoms. The second kappa shape index (κ2) is 6.10. The number of nitrogens with zero attached hydrogens (tertiary/aromatic N) is 1. The molecule has 1 heterocycles. The third-order valence-corrected chi connectivity index (χ3v) is 3.05. The fourth-order valence-electron chi connectivity index (χ4n) is 1.52. The van der Waals surface area contributed by atoms with Crippen LogP contribution in [0.15, 0.2) is 35.2 Å². The Morgan fingerprint density at radius 1 is 1.42 bits per heavy atom. The number of benzene rings is 1. The molecule has 0 unspecified atom stereocenters. The lowest BCUT2D eigenvalue weighted by molar-refractivity contribution is 0.0600. The Kier molecular flexibility index (Phi) is 4.25. The smallest absolute Gasteiger partial charge is 0.337 e. The van der Waals surface area contributed by atoms with Gasteiger partial charge in [-0.15, -0.1) is 11.3 Å². The summed E-state index contributed by atoms with van der Waals surface area (Å²) in [7, 11) is 1.33. The summed E-state index contributed by atoms with van der Waals surface area (Å²) in [6, 6.07) is 6.93. The number of esters is 1. The average Bonchev–Trinajstić information content (AvgIpc) is 2.98. The van der Waals surface area contributed by atoms with E-state index in [1.165, 1.54) is 18.4 Å². The van der Waals surface area contributed by atoms with E-state index in [-0.39, 0.29) is 5.91 Å². The fraction of sp³-hybridized carbons (Fsp3) is 0.154. The number of methoxy groups -OCH3 is 1. The van der Waals surface area contributed by atoms with E-state index < -0.39 is 5.97 Å². The van der Waals surface area contributed by atoms with Crippen LogP contribution in [0.3, 0.4) is 0 Å². The number of amides is 1. The van der Waals surface area contributed by atoms with Gasteiger partial charge in [-0.2, -0.15) is 0 Å². The Morgan fingerprint density at radius 3 is 2.95 bits per heavy atom. The summed E-state index contributed by atoms with van der Waals surface area (Å²) in [5, 5.41) is 4.42. The van der Waals surface area contributed by atoms with Gasteiger partial charge in [0.15, 0.2) is 0 Å². The molecule has 1 N–H and O–H groups in total. The van der Waals surface area contributed by atoms with Crippen LogP contribution in [-0.2, 0) is 11.3 Å². The van der Waals surface area contributed by atoms with Gasteiger partial charge in [0, 0.05) is 11.9 Å². The summed E-state index contributed by atoms with van der Waals surface area (Å²) in [6.45, 7) is 0.335. The number of carbonyl (C=O) groups is 2. The van der Waals surface area contributed by atoms with Crippen molar-refractivity contribution in [3.63, 3.8) is 0 Å². The molecule has 0 aliphatic carbocycles. The van der Waals surface area contributed by atoms with E-state index in [9.17, 15) is 9.59 Å². The molecule has 1 aromatic heterocycles. The second-order valence-electron chi connectivity index (χ2n) is 3.75. The Bertz CT molecular complexity index is 581. The molecule has 0 saturated heterocycles. The van der Waals surface area contributed by atoms with Crippen LogP contribution in [-0.4, -0.2) is 24.0 Å². The van der Waals surface area contributed by atoms with Gasteiger partial charge in [0.1, 0.15) is 5.69 Å². The molecule has 98 valence electrons. The predicted octanol–water partition coefficient (Wildman–Crippen LogP) is 1.86. The molecule has 0 aliphatic rings. The van der Waals surface area contributed by atoms with E-state index in [0.29, 0.717) is 17.8 Å². The van der Waals surface area contributed by atoms with Crippen molar-refractivity contribution in [1.82, 2.24) is 10.3 Å². The van der Waals surface area contributed by atoms with E-state index in [0.717, 1.165) is 5.56 Å². The molecule has 0 radical (unpaired) electrons. The van der Waals surface area contributed by atoms with Crippen LogP contribution in [0.1, 0.15) is 26.4 Å². The highest BCUT2D eigenvalue weighted by atomic mass is 32.1. The van der Waals surface area contributed by atoms with E-state index in [4.69, 9.17) is 0 Å². The number of nitrogens with one attached hydrogen (secondary N) is 1. The molecule has 0 aliphatic heterocycles. The van der Waals surface area contributed by atoms with Gasteiger partial charge in [0.05, 0.1) is 18.2 Å². The first-order valence-electron chi connectivity index (χ1n) is 5.54. The van der Waals surface area contributed by atoms with Gasteiger partial charge in [-0.05, 0) is 17.7 Å². The van der Waals surface area contributed by atoms with Crippen LogP contribution in [0.25, 0.3) is 0 Å². The summed E-state index contributed by atoms with van der Waals surface area (Å²) in [6.07, 6.45) is 0. The third kappa shape index (κ3) is 3.38. The minimum Gasteiger partial charge on any atom is -0.465 e. The molecular formula is C13H12N2O3S. The van der Waals surface area contributed by atoms with Gasteiger partial charge in [-0.25, -0.2) is 9.78 Å². The maximum absolute atomic E-state index is 11.7.